The van der Waals surface area contributed by atoms with Gasteiger partial charge in [0.25, 0.3) is 0 Å². The van der Waals surface area contributed by atoms with Gasteiger partial charge in [-0.3, -0.25) is 4.79 Å². The predicted molar refractivity (Wildman–Crippen MR) is 59.3 cm³/mol. The molecule has 0 aromatic carbocycles. The highest BCUT2D eigenvalue weighted by molar-refractivity contribution is 5.95. The fourth-order valence-corrected chi connectivity index (χ4v) is 1.92. The fourth-order valence-electron chi connectivity index (χ4n) is 1.92. The van der Waals surface area contributed by atoms with Crippen LogP contribution in [-0.4, -0.2) is 18.4 Å². The lowest BCUT2D eigenvalue weighted by atomic mass is 9.94. The van der Waals surface area contributed by atoms with Crippen LogP contribution in [-0.2, 0) is 4.79 Å². The largest absolute Gasteiger partial charge is 0.314 e. The molecule has 0 bridgehead atoms. The van der Waals surface area contributed by atoms with Gasteiger partial charge >= 0.3 is 0 Å². The van der Waals surface area contributed by atoms with Gasteiger partial charge < -0.3 is 5.32 Å². The van der Waals surface area contributed by atoms with Crippen molar-refractivity contribution in [3.63, 3.8) is 0 Å². The van der Waals surface area contributed by atoms with Crippen LogP contribution < -0.4 is 5.32 Å². The number of Topliss-reactive ketones (excluding diaryl/α,β-unsaturated/α-hetero) is 1. The lowest BCUT2D eigenvalue weighted by Crippen LogP contribution is -2.28. The van der Waals surface area contributed by atoms with Crippen molar-refractivity contribution in [2.45, 2.75) is 52.0 Å². The predicted octanol–water partition coefficient (Wildman–Crippen LogP) is 2.44. The highest BCUT2D eigenvalue weighted by Gasteiger charge is 2.14. The van der Waals surface area contributed by atoms with Crippen LogP contribution in [0.3, 0.4) is 0 Å². The summed E-state index contributed by atoms with van der Waals surface area (Å²) in [5.41, 5.74) is 1.07. The monoisotopic (exact) mass is 195 g/mol. The smallest absolute Gasteiger partial charge is 0.160 e. The SMILES string of the molecule is CCNC(C)CC(=O)C1=CCCCC1. The Bertz CT molecular complexity index is 220. The third-order valence-electron chi connectivity index (χ3n) is 2.69. The van der Waals surface area contributed by atoms with E-state index in [4.69, 9.17) is 0 Å². The standard InChI is InChI=1S/C12H21NO/c1-3-13-10(2)9-12(14)11-7-5-4-6-8-11/h7,10,13H,3-6,8-9H2,1-2H3. The van der Waals surface area contributed by atoms with Crippen LogP contribution in [0, 0.1) is 0 Å². The average Bonchev–Trinajstić information content (AvgIpc) is 2.19. The van der Waals surface area contributed by atoms with E-state index < -0.39 is 0 Å². The van der Waals surface area contributed by atoms with Gasteiger partial charge in [-0.15, -0.1) is 0 Å². The molecule has 0 aliphatic heterocycles. The Morgan fingerprint density at radius 3 is 2.93 bits per heavy atom. The Labute approximate surface area is 86.8 Å². The van der Waals surface area contributed by atoms with Crippen LogP contribution in [0.15, 0.2) is 11.6 Å². The Morgan fingerprint density at radius 1 is 1.57 bits per heavy atom. The Morgan fingerprint density at radius 2 is 2.36 bits per heavy atom. The van der Waals surface area contributed by atoms with Crippen LogP contribution in [0.4, 0.5) is 0 Å². The van der Waals surface area contributed by atoms with Crippen molar-refractivity contribution >= 4 is 5.78 Å². The van der Waals surface area contributed by atoms with E-state index in [1.807, 2.05) is 0 Å². The summed E-state index contributed by atoms with van der Waals surface area (Å²) in [6, 6.07) is 0.315. The first-order chi connectivity index (χ1) is 6.74. The van der Waals surface area contributed by atoms with E-state index in [1.165, 1.54) is 12.8 Å². The van der Waals surface area contributed by atoms with Gasteiger partial charge in [-0.25, -0.2) is 0 Å². The number of rotatable bonds is 5. The Hall–Kier alpha value is -0.630. The Kier molecular flexibility index (Phi) is 4.88. The highest BCUT2D eigenvalue weighted by atomic mass is 16.1. The van der Waals surface area contributed by atoms with Crippen LogP contribution >= 0.6 is 0 Å². The van der Waals surface area contributed by atoms with Gasteiger partial charge in [0.2, 0.25) is 0 Å². The average molecular weight is 195 g/mol. The molecule has 0 saturated heterocycles. The van der Waals surface area contributed by atoms with Gasteiger partial charge in [0.15, 0.2) is 5.78 Å². The zero-order valence-electron chi connectivity index (χ0n) is 9.31. The quantitative estimate of drug-likeness (QED) is 0.730. The molecule has 0 spiro atoms. The topological polar surface area (TPSA) is 29.1 Å². The molecule has 0 radical (unpaired) electrons. The van der Waals surface area contributed by atoms with Crippen molar-refractivity contribution in [2.24, 2.45) is 0 Å². The highest BCUT2D eigenvalue weighted by Crippen LogP contribution is 2.19. The molecule has 2 heteroatoms. The summed E-state index contributed by atoms with van der Waals surface area (Å²) in [4.78, 5) is 11.8. The number of nitrogens with one attached hydrogen (secondary N) is 1. The summed E-state index contributed by atoms with van der Waals surface area (Å²) in [5.74, 6) is 0.346. The van der Waals surface area contributed by atoms with Crippen LogP contribution in [0.5, 0.6) is 0 Å². The van der Waals surface area contributed by atoms with Crippen LogP contribution in [0.1, 0.15) is 46.0 Å². The third kappa shape index (κ3) is 3.62. The molecule has 1 N–H and O–H groups in total. The molecule has 0 aromatic rings. The van der Waals surface area contributed by atoms with Gasteiger partial charge in [-0.2, -0.15) is 0 Å². The van der Waals surface area contributed by atoms with Crippen molar-refractivity contribution in [2.75, 3.05) is 6.54 Å². The maximum Gasteiger partial charge on any atom is 0.160 e. The van der Waals surface area contributed by atoms with Crippen molar-refractivity contribution in [3.05, 3.63) is 11.6 Å². The first-order valence-electron chi connectivity index (χ1n) is 5.69. The molecule has 1 atom stereocenters. The van der Waals surface area contributed by atoms with Gasteiger partial charge in [0.1, 0.15) is 0 Å². The third-order valence-corrected chi connectivity index (χ3v) is 2.69. The molecule has 1 unspecified atom stereocenters. The number of ketones is 1. The van der Waals surface area contributed by atoms with E-state index >= 15 is 0 Å². The van der Waals surface area contributed by atoms with E-state index in [2.05, 4.69) is 25.2 Å². The molecular weight excluding hydrogens is 174 g/mol. The van der Waals surface area contributed by atoms with E-state index in [9.17, 15) is 4.79 Å². The molecule has 0 heterocycles. The lowest BCUT2D eigenvalue weighted by Gasteiger charge is -2.15. The summed E-state index contributed by atoms with van der Waals surface area (Å²) in [5, 5.41) is 3.27. The van der Waals surface area contributed by atoms with Gasteiger partial charge in [0, 0.05) is 12.5 Å². The minimum atomic E-state index is 0.315. The molecule has 14 heavy (non-hydrogen) atoms. The van der Waals surface area contributed by atoms with Crippen molar-refractivity contribution < 1.29 is 4.79 Å². The summed E-state index contributed by atoms with van der Waals surface area (Å²) in [6.45, 7) is 5.08. The molecule has 2 nitrogen and oxygen atoms in total. The van der Waals surface area contributed by atoms with E-state index in [0.717, 1.165) is 25.0 Å². The lowest BCUT2D eigenvalue weighted by molar-refractivity contribution is -0.116. The molecule has 80 valence electrons. The van der Waals surface area contributed by atoms with Crippen LogP contribution in [0.2, 0.25) is 0 Å². The molecule has 0 amide bonds. The minimum absolute atomic E-state index is 0.315. The number of hydrogen-bond acceptors (Lipinski definition) is 2. The second kappa shape index (κ2) is 5.97. The second-order valence-electron chi connectivity index (χ2n) is 4.06. The van der Waals surface area contributed by atoms with Gasteiger partial charge in [-0.1, -0.05) is 13.0 Å². The normalized spacial score (nSPS) is 18.9. The molecule has 1 aliphatic carbocycles. The summed E-state index contributed by atoms with van der Waals surface area (Å²) in [6.07, 6.45) is 7.31. The fraction of sp³-hybridized carbons (Fsp3) is 0.750. The van der Waals surface area contributed by atoms with Gasteiger partial charge in [0.05, 0.1) is 0 Å². The molecule has 1 aliphatic rings. The first kappa shape index (κ1) is 11.4. The van der Waals surface area contributed by atoms with Gasteiger partial charge in [-0.05, 0) is 44.7 Å². The zero-order valence-corrected chi connectivity index (χ0v) is 9.31. The van der Waals surface area contributed by atoms with Crippen LogP contribution in [0.25, 0.3) is 0 Å². The van der Waals surface area contributed by atoms with Crippen molar-refractivity contribution in [3.8, 4) is 0 Å². The number of allylic oxidation sites excluding steroid dienone is 2. The summed E-state index contributed by atoms with van der Waals surface area (Å²) < 4.78 is 0. The maximum atomic E-state index is 11.8. The maximum absolute atomic E-state index is 11.8. The van der Waals surface area contributed by atoms with Crippen molar-refractivity contribution in [1.82, 2.24) is 5.32 Å². The summed E-state index contributed by atoms with van der Waals surface area (Å²) >= 11 is 0. The van der Waals surface area contributed by atoms with E-state index in [0.29, 0.717) is 18.2 Å². The summed E-state index contributed by atoms with van der Waals surface area (Å²) in [7, 11) is 0. The second-order valence-corrected chi connectivity index (χ2v) is 4.06. The molecular formula is C12H21NO. The Balaban J connectivity index is 2.37. The number of carbonyl (C=O) groups is 1. The number of carbonyl (C=O) groups excluding carboxylic acids is 1. The molecule has 0 aromatic heterocycles. The minimum Gasteiger partial charge on any atom is -0.314 e. The van der Waals surface area contributed by atoms with Crippen molar-refractivity contribution in [1.29, 1.82) is 0 Å². The first-order valence-corrected chi connectivity index (χ1v) is 5.69. The molecule has 0 saturated carbocycles. The van der Waals surface area contributed by atoms with E-state index in [1.54, 1.807) is 0 Å². The number of hydrogen-bond donors (Lipinski definition) is 1. The van der Waals surface area contributed by atoms with E-state index in [-0.39, 0.29) is 0 Å². The molecule has 1 rings (SSSR count). The zero-order chi connectivity index (χ0) is 10.4. The molecule has 0 fully saturated rings.